The van der Waals surface area contributed by atoms with Crippen molar-refractivity contribution < 1.29 is 0 Å². The van der Waals surface area contributed by atoms with Gasteiger partial charge in [-0.1, -0.05) is 30.3 Å². The molecule has 1 fully saturated rings. The first-order valence-electron chi connectivity index (χ1n) is 7.58. The van der Waals surface area contributed by atoms with Crippen LogP contribution in [-0.4, -0.2) is 14.8 Å². The Morgan fingerprint density at radius 2 is 1.88 bits per heavy atom. The molecular formula is C16H17N6O2+. The molecule has 8 nitrogen and oxygen atoms in total. The highest BCUT2D eigenvalue weighted by molar-refractivity contribution is 6.04. The molecule has 1 aliphatic carbocycles. The van der Waals surface area contributed by atoms with E-state index in [-0.39, 0.29) is 11.5 Å². The second kappa shape index (κ2) is 6.12. The summed E-state index contributed by atoms with van der Waals surface area (Å²) in [5.41, 5.74) is 3.10. The molecule has 0 amide bonds. The van der Waals surface area contributed by atoms with Crippen molar-refractivity contribution in [3.8, 4) is 0 Å². The van der Waals surface area contributed by atoms with Crippen LogP contribution in [0.25, 0.3) is 4.98 Å². The van der Waals surface area contributed by atoms with Gasteiger partial charge in [0, 0.05) is 20.0 Å². The fourth-order valence-corrected chi connectivity index (χ4v) is 2.51. The van der Waals surface area contributed by atoms with Crippen LogP contribution in [0.1, 0.15) is 18.4 Å². The number of rotatable bonds is 4. The van der Waals surface area contributed by atoms with Gasteiger partial charge in [0.05, 0.1) is 5.71 Å². The quantitative estimate of drug-likeness (QED) is 0.526. The van der Waals surface area contributed by atoms with Crippen LogP contribution in [0.3, 0.4) is 0 Å². The van der Waals surface area contributed by atoms with Crippen molar-refractivity contribution in [2.45, 2.75) is 12.8 Å². The average Bonchev–Trinajstić information content (AvgIpc) is 3.43. The predicted molar refractivity (Wildman–Crippen MR) is 91.0 cm³/mol. The summed E-state index contributed by atoms with van der Waals surface area (Å²) in [4.78, 5) is 27.1. The number of hydrogen-bond acceptors (Lipinski definition) is 5. The Kier molecular flexibility index (Phi) is 4.00. The first-order chi connectivity index (χ1) is 11.5. The van der Waals surface area contributed by atoms with Gasteiger partial charge in [-0.25, -0.2) is 4.79 Å². The van der Waals surface area contributed by atoms with Crippen molar-refractivity contribution >= 4 is 17.2 Å². The number of nitrogens with one attached hydrogen (secondary N) is 1. The minimum absolute atomic E-state index is 0.0553. The van der Waals surface area contributed by atoms with Crippen LogP contribution >= 0.6 is 0 Å². The Balaban J connectivity index is 2.07. The largest absolute Gasteiger partial charge is 0.491 e. The molecule has 0 radical (unpaired) electrons. The van der Waals surface area contributed by atoms with Gasteiger partial charge in [0.1, 0.15) is 0 Å². The van der Waals surface area contributed by atoms with Crippen molar-refractivity contribution in [3.63, 3.8) is 0 Å². The van der Waals surface area contributed by atoms with Gasteiger partial charge in [0.25, 0.3) is 0 Å². The lowest BCUT2D eigenvalue weighted by molar-refractivity contribution is 0.694. The lowest BCUT2D eigenvalue weighted by Crippen LogP contribution is -2.37. The van der Waals surface area contributed by atoms with Gasteiger partial charge in [0.15, 0.2) is 4.98 Å². The predicted octanol–water partition coefficient (Wildman–Crippen LogP) is 1.79. The lowest BCUT2D eigenvalue weighted by Gasteiger charge is -2.09. The summed E-state index contributed by atoms with van der Waals surface area (Å²) in [6.07, 6.45) is 2.09. The van der Waals surface area contributed by atoms with E-state index >= 15 is 0 Å². The van der Waals surface area contributed by atoms with Gasteiger partial charge in [-0.2, -0.15) is 5.10 Å². The average molecular weight is 325 g/mol. The maximum absolute atomic E-state index is 12.1. The lowest BCUT2D eigenvalue weighted by atomic mass is 10.1. The molecule has 1 aromatic carbocycles. The second-order valence-electron chi connectivity index (χ2n) is 5.75. The molecular weight excluding hydrogens is 308 g/mol. The van der Waals surface area contributed by atoms with E-state index in [0.717, 1.165) is 28.7 Å². The highest BCUT2D eigenvalue weighted by atomic mass is 16.2. The summed E-state index contributed by atoms with van der Waals surface area (Å²) >= 11 is 0. The summed E-state index contributed by atoms with van der Waals surface area (Å²) in [7, 11) is 2.81. The van der Waals surface area contributed by atoms with E-state index < -0.39 is 11.2 Å². The summed E-state index contributed by atoms with van der Waals surface area (Å²) in [6, 6.07) is 9.69. The standard InChI is InChI=1S/C16H16N6O2/c1-21-14(13(18-17)15(23)22(2)16(21)24)20-19-12(11-8-9-11)10-6-4-3-5-7-10/h3-7,11H,8-9H2,1-2H3/p+1/b19-12-. The molecule has 1 heterocycles. The molecule has 0 aliphatic heterocycles. The van der Waals surface area contributed by atoms with Gasteiger partial charge in [-0.15, -0.1) is 0 Å². The number of hydrogen-bond donors (Lipinski definition) is 1. The highest BCUT2D eigenvalue weighted by Crippen LogP contribution is 2.33. The number of nitrogens with zero attached hydrogens (tertiary/aromatic N) is 5. The molecule has 1 saturated carbocycles. The zero-order chi connectivity index (χ0) is 17.3. The molecule has 122 valence electrons. The van der Waals surface area contributed by atoms with Crippen LogP contribution in [0.15, 0.2) is 45.0 Å². The second-order valence-corrected chi connectivity index (χ2v) is 5.75. The van der Waals surface area contributed by atoms with Crippen LogP contribution in [0, 0.1) is 11.3 Å². The third-order valence-corrected chi connectivity index (χ3v) is 4.06. The van der Waals surface area contributed by atoms with Crippen LogP contribution in [0.2, 0.25) is 0 Å². The third kappa shape index (κ3) is 2.72. The molecule has 8 heteroatoms. The normalized spacial score (nSPS) is 14.3. The van der Waals surface area contributed by atoms with E-state index in [1.54, 1.807) is 0 Å². The molecule has 2 aromatic rings. The van der Waals surface area contributed by atoms with Gasteiger partial charge < -0.3 is 0 Å². The number of aromatic nitrogens is 2. The Labute approximate surface area is 137 Å². The van der Waals surface area contributed by atoms with E-state index in [1.165, 1.54) is 18.7 Å². The van der Waals surface area contributed by atoms with Crippen molar-refractivity contribution in [3.05, 3.63) is 61.7 Å². The number of hydrazone groups is 1. The zero-order valence-electron chi connectivity index (χ0n) is 13.4. The van der Waals surface area contributed by atoms with Crippen molar-refractivity contribution in [1.29, 1.82) is 5.39 Å². The number of anilines is 1. The van der Waals surface area contributed by atoms with E-state index in [9.17, 15) is 9.59 Å². The highest BCUT2D eigenvalue weighted by Gasteiger charge is 2.30. The molecule has 24 heavy (non-hydrogen) atoms. The molecule has 0 unspecified atom stereocenters. The first kappa shape index (κ1) is 15.7. The van der Waals surface area contributed by atoms with Gasteiger partial charge in [-0.05, 0) is 18.4 Å². The zero-order valence-corrected chi connectivity index (χ0v) is 13.4. The van der Waals surface area contributed by atoms with E-state index in [2.05, 4.69) is 15.5 Å². The Morgan fingerprint density at radius 1 is 1.21 bits per heavy atom. The topological polar surface area (TPSA) is 96.5 Å². The maximum Gasteiger partial charge on any atom is 0.491 e. The molecule has 0 spiro atoms. The first-order valence-corrected chi connectivity index (χ1v) is 7.58. The molecule has 3 rings (SSSR count). The minimum atomic E-state index is -0.689. The summed E-state index contributed by atoms with van der Waals surface area (Å²) in [5.74, 6) is 0.401. The van der Waals surface area contributed by atoms with Crippen LogP contribution in [0.5, 0.6) is 0 Å². The number of benzene rings is 1. The van der Waals surface area contributed by atoms with Gasteiger partial charge >= 0.3 is 16.9 Å². The van der Waals surface area contributed by atoms with E-state index in [0.29, 0.717) is 5.92 Å². The van der Waals surface area contributed by atoms with Crippen LogP contribution < -0.4 is 16.7 Å². The van der Waals surface area contributed by atoms with Crippen LogP contribution in [-0.2, 0) is 14.1 Å². The molecule has 1 N–H and O–H groups in total. The van der Waals surface area contributed by atoms with Crippen molar-refractivity contribution in [2.24, 2.45) is 25.1 Å². The van der Waals surface area contributed by atoms with Crippen molar-refractivity contribution in [2.75, 3.05) is 5.43 Å². The monoisotopic (exact) mass is 325 g/mol. The molecule has 0 saturated heterocycles. The maximum atomic E-state index is 12.1. The van der Waals surface area contributed by atoms with E-state index in [1.807, 2.05) is 30.3 Å². The Morgan fingerprint density at radius 3 is 2.46 bits per heavy atom. The summed E-state index contributed by atoms with van der Waals surface area (Å²) in [6.45, 7) is 0. The van der Waals surface area contributed by atoms with Gasteiger partial charge in [-0.3, -0.25) is 19.4 Å². The third-order valence-electron chi connectivity index (χ3n) is 4.06. The fourth-order valence-electron chi connectivity index (χ4n) is 2.51. The Bertz CT molecular complexity index is 961. The fraction of sp³-hybridized carbons (Fsp3) is 0.312. The molecule has 1 aliphatic rings. The van der Waals surface area contributed by atoms with Crippen molar-refractivity contribution in [1.82, 2.24) is 9.13 Å². The molecule has 0 bridgehead atoms. The Hall–Kier alpha value is -3.21. The minimum Gasteiger partial charge on any atom is -0.275 e. The van der Waals surface area contributed by atoms with Gasteiger partial charge in [0.2, 0.25) is 11.2 Å². The van der Waals surface area contributed by atoms with E-state index in [4.69, 9.17) is 5.39 Å². The SMILES string of the molecule is Cn1c(N/N=C(/c2ccccc2)C2CC2)c([N+]#N)c(=O)n(C)c1=O. The number of diazo groups is 1. The molecule has 1 aromatic heterocycles. The summed E-state index contributed by atoms with van der Waals surface area (Å²) < 4.78 is 2.07. The summed E-state index contributed by atoms with van der Waals surface area (Å²) in [5, 5.41) is 13.5. The molecule has 0 atom stereocenters. The smallest absolute Gasteiger partial charge is 0.275 e. The van der Waals surface area contributed by atoms with Crippen LogP contribution in [0.4, 0.5) is 11.5 Å².